The fraction of sp³-hybridized carbons (Fsp3) is 0.294. The third kappa shape index (κ3) is 2.65. The number of aryl methyl sites for hydroxylation is 1. The van der Waals surface area contributed by atoms with Gasteiger partial charge in [0.2, 0.25) is 0 Å². The Balaban J connectivity index is 2.61. The van der Waals surface area contributed by atoms with Crippen molar-refractivity contribution < 1.29 is 5.11 Å². The average Bonchev–Trinajstić information content (AvgIpc) is 2.39. The lowest BCUT2D eigenvalue weighted by atomic mass is 9.85. The molecular formula is C17H18N2O. The normalized spacial score (nSPS) is 11.2. The molecule has 0 fully saturated rings. The smallest absolute Gasteiger partial charge is 0.151 e. The standard InChI is InChI=1S/C17H18N2O/c1-11-5-6-13(17(2,3)4)8-14(11)15-7-12(9-18)16(20)10-19-15/h5-8,10,20H,1-4H3. The van der Waals surface area contributed by atoms with Gasteiger partial charge in [0.1, 0.15) is 6.07 Å². The second kappa shape index (κ2) is 4.97. The molecule has 3 nitrogen and oxygen atoms in total. The van der Waals surface area contributed by atoms with Crippen LogP contribution >= 0.6 is 0 Å². The maximum absolute atomic E-state index is 9.55. The summed E-state index contributed by atoms with van der Waals surface area (Å²) >= 11 is 0. The van der Waals surface area contributed by atoms with Crippen molar-refractivity contribution in [2.45, 2.75) is 33.1 Å². The van der Waals surface area contributed by atoms with Crippen LogP contribution in [0.25, 0.3) is 11.3 Å². The summed E-state index contributed by atoms with van der Waals surface area (Å²) < 4.78 is 0. The summed E-state index contributed by atoms with van der Waals surface area (Å²) in [5, 5.41) is 18.6. The minimum Gasteiger partial charge on any atom is -0.505 e. The SMILES string of the molecule is Cc1ccc(C(C)(C)C)cc1-c1cc(C#N)c(O)cn1. The van der Waals surface area contributed by atoms with Gasteiger partial charge in [0.25, 0.3) is 0 Å². The van der Waals surface area contributed by atoms with Crippen molar-refractivity contribution in [3.05, 3.63) is 47.2 Å². The quantitative estimate of drug-likeness (QED) is 0.850. The lowest BCUT2D eigenvalue weighted by molar-refractivity contribution is 0.471. The van der Waals surface area contributed by atoms with Gasteiger partial charge in [-0.05, 0) is 35.6 Å². The molecule has 2 rings (SSSR count). The molecule has 0 spiro atoms. The number of nitrogens with zero attached hydrogens (tertiary/aromatic N) is 2. The highest BCUT2D eigenvalue weighted by Crippen LogP contribution is 2.30. The molecule has 0 saturated heterocycles. The molecule has 0 amide bonds. The van der Waals surface area contributed by atoms with Crippen LogP contribution in [0, 0.1) is 18.3 Å². The molecule has 0 unspecified atom stereocenters. The second-order valence-electron chi connectivity index (χ2n) is 5.98. The zero-order valence-electron chi connectivity index (χ0n) is 12.2. The summed E-state index contributed by atoms with van der Waals surface area (Å²) in [6.45, 7) is 8.49. The second-order valence-corrected chi connectivity index (χ2v) is 5.98. The van der Waals surface area contributed by atoms with Gasteiger partial charge in [-0.1, -0.05) is 32.9 Å². The Morgan fingerprint density at radius 1 is 1.20 bits per heavy atom. The van der Waals surface area contributed by atoms with Gasteiger partial charge in [-0.25, -0.2) is 0 Å². The summed E-state index contributed by atoms with van der Waals surface area (Å²) in [6, 6.07) is 9.90. The van der Waals surface area contributed by atoms with E-state index in [1.54, 1.807) is 6.07 Å². The van der Waals surface area contributed by atoms with E-state index in [-0.39, 0.29) is 16.7 Å². The lowest BCUT2D eigenvalue weighted by Gasteiger charge is -2.20. The van der Waals surface area contributed by atoms with Crippen LogP contribution in [-0.2, 0) is 5.41 Å². The Morgan fingerprint density at radius 3 is 2.50 bits per heavy atom. The summed E-state index contributed by atoms with van der Waals surface area (Å²) in [4.78, 5) is 4.24. The van der Waals surface area contributed by atoms with Gasteiger partial charge in [-0.15, -0.1) is 0 Å². The third-order valence-corrected chi connectivity index (χ3v) is 3.38. The van der Waals surface area contributed by atoms with E-state index in [0.29, 0.717) is 5.69 Å². The van der Waals surface area contributed by atoms with Gasteiger partial charge in [-0.3, -0.25) is 4.98 Å². The molecule has 0 aliphatic rings. The molecule has 0 aliphatic heterocycles. The maximum atomic E-state index is 9.55. The molecule has 0 aliphatic carbocycles. The van der Waals surface area contributed by atoms with Crippen molar-refractivity contribution in [3.8, 4) is 23.1 Å². The Hall–Kier alpha value is -2.34. The van der Waals surface area contributed by atoms with Crippen LogP contribution in [0.1, 0.15) is 37.5 Å². The number of nitriles is 1. The van der Waals surface area contributed by atoms with Gasteiger partial charge < -0.3 is 5.11 Å². The van der Waals surface area contributed by atoms with Gasteiger partial charge in [0.15, 0.2) is 5.75 Å². The molecule has 0 bridgehead atoms. The van der Waals surface area contributed by atoms with Crippen molar-refractivity contribution in [3.63, 3.8) is 0 Å². The highest BCUT2D eigenvalue weighted by Gasteiger charge is 2.16. The molecule has 1 aromatic carbocycles. The number of aromatic hydroxyl groups is 1. The van der Waals surface area contributed by atoms with E-state index in [0.717, 1.165) is 11.1 Å². The van der Waals surface area contributed by atoms with Crippen LogP contribution in [-0.4, -0.2) is 10.1 Å². The van der Waals surface area contributed by atoms with Crippen molar-refractivity contribution in [2.75, 3.05) is 0 Å². The van der Waals surface area contributed by atoms with Crippen molar-refractivity contribution >= 4 is 0 Å². The highest BCUT2D eigenvalue weighted by molar-refractivity contribution is 5.67. The van der Waals surface area contributed by atoms with Crippen LogP contribution in [0.2, 0.25) is 0 Å². The summed E-state index contributed by atoms with van der Waals surface area (Å²) in [5.74, 6) is -0.0825. The molecule has 20 heavy (non-hydrogen) atoms. The largest absolute Gasteiger partial charge is 0.505 e. The maximum Gasteiger partial charge on any atom is 0.151 e. The lowest BCUT2D eigenvalue weighted by Crippen LogP contribution is -2.11. The summed E-state index contributed by atoms with van der Waals surface area (Å²) in [5.41, 5.74) is 4.32. The van der Waals surface area contributed by atoms with Crippen LogP contribution in [0.3, 0.4) is 0 Å². The first kappa shape index (κ1) is 14.1. The average molecular weight is 266 g/mol. The molecule has 3 heteroatoms. The number of aromatic nitrogens is 1. The number of hydrogen-bond acceptors (Lipinski definition) is 3. The predicted molar refractivity (Wildman–Crippen MR) is 79.5 cm³/mol. The zero-order chi connectivity index (χ0) is 14.9. The molecule has 0 saturated carbocycles. The zero-order valence-corrected chi connectivity index (χ0v) is 12.2. The highest BCUT2D eigenvalue weighted by atomic mass is 16.3. The molecule has 1 N–H and O–H groups in total. The van der Waals surface area contributed by atoms with Gasteiger partial charge >= 0.3 is 0 Å². The fourth-order valence-electron chi connectivity index (χ4n) is 2.05. The first-order chi connectivity index (χ1) is 9.32. The first-order valence-corrected chi connectivity index (χ1v) is 6.53. The molecule has 0 radical (unpaired) electrons. The molecule has 0 atom stereocenters. The number of hydrogen-bond donors (Lipinski definition) is 1. The van der Waals surface area contributed by atoms with Crippen LogP contribution in [0.15, 0.2) is 30.5 Å². The van der Waals surface area contributed by atoms with Crippen LogP contribution in [0.4, 0.5) is 0 Å². The monoisotopic (exact) mass is 266 g/mol. The number of benzene rings is 1. The van der Waals surface area contributed by atoms with Gasteiger partial charge in [0, 0.05) is 5.56 Å². The number of rotatable bonds is 1. The molecule has 1 heterocycles. The Morgan fingerprint density at radius 2 is 1.90 bits per heavy atom. The summed E-state index contributed by atoms with van der Waals surface area (Å²) in [6.07, 6.45) is 1.33. The van der Waals surface area contributed by atoms with E-state index in [1.807, 2.05) is 13.0 Å². The van der Waals surface area contributed by atoms with Crippen molar-refractivity contribution in [2.24, 2.45) is 0 Å². The van der Waals surface area contributed by atoms with E-state index < -0.39 is 0 Å². The van der Waals surface area contributed by atoms with E-state index >= 15 is 0 Å². The Labute approximate surface area is 119 Å². The number of pyridine rings is 1. The Kier molecular flexibility index (Phi) is 3.50. The third-order valence-electron chi connectivity index (χ3n) is 3.38. The van der Waals surface area contributed by atoms with Gasteiger partial charge in [0.05, 0.1) is 17.5 Å². The van der Waals surface area contributed by atoms with Crippen LogP contribution in [0.5, 0.6) is 5.75 Å². The van der Waals surface area contributed by atoms with E-state index in [9.17, 15) is 5.11 Å². The Bertz CT molecular complexity index is 691. The molecule has 102 valence electrons. The first-order valence-electron chi connectivity index (χ1n) is 6.53. The minimum absolute atomic E-state index is 0.0530. The fourth-order valence-corrected chi connectivity index (χ4v) is 2.05. The molecular weight excluding hydrogens is 248 g/mol. The van der Waals surface area contributed by atoms with Gasteiger partial charge in [-0.2, -0.15) is 5.26 Å². The van der Waals surface area contributed by atoms with E-state index in [4.69, 9.17) is 5.26 Å². The topological polar surface area (TPSA) is 56.9 Å². The van der Waals surface area contributed by atoms with Crippen molar-refractivity contribution in [1.82, 2.24) is 4.98 Å². The van der Waals surface area contributed by atoms with Crippen molar-refractivity contribution in [1.29, 1.82) is 5.26 Å². The summed E-state index contributed by atoms with van der Waals surface area (Å²) in [7, 11) is 0. The molecule has 2 aromatic rings. The minimum atomic E-state index is -0.0825. The van der Waals surface area contributed by atoms with Crippen LogP contribution < -0.4 is 0 Å². The predicted octanol–water partition coefficient (Wildman–Crippen LogP) is 3.93. The molecule has 1 aromatic heterocycles. The van der Waals surface area contributed by atoms with E-state index in [1.165, 1.54) is 11.8 Å². The van der Waals surface area contributed by atoms with E-state index in [2.05, 4.69) is 44.0 Å².